The Bertz CT molecular complexity index is 1210. The Morgan fingerprint density at radius 3 is 2.65 bits per heavy atom. The molecule has 2 N–H and O–H groups in total. The van der Waals surface area contributed by atoms with Crippen LogP contribution < -0.4 is 10.6 Å². The predicted molar refractivity (Wildman–Crippen MR) is 114 cm³/mol. The van der Waals surface area contributed by atoms with Crippen LogP contribution in [-0.2, 0) is 17.9 Å². The first-order valence-corrected chi connectivity index (χ1v) is 10.2. The highest BCUT2D eigenvalue weighted by atomic mass is 16.3. The number of para-hydroxylation sites is 1. The van der Waals surface area contributed by atoms with Crippen molar-refractivity contribution in [1.29, 1.82) is 0 Å². The van der Waals surface area contributed by atoms with Gasteiger partial charge in [-0.2, -0.15) is 0 Å². The number of imide groups is 1. The van der Waals surface area contributed by atoms with E-state index in [9.17, 15) is 14.4 Å². The molecule has 2 aliphatic heterocycles. The molecule has 1 saturated heterocycles. The SMILES string of the molecule is C=C1CCC(N2C(=O)c3ccc(CNCc4cc5ccccc5o4)cc3C2=O)C(=O)N1. The smallest absolute Gasteiger partial charge is 0.262 e. The fourth-order valence-electron chi connectivity index (χ4n) is 4.16. The van der Waals surface area contributed by atoms with E-state index >= 15 is 0 Å². The Labute approximate surface area is 178 Å². The molecule has 0 bridgehead atoms. The number of piperidine rings is 1. The quantitative estimate of drug-likeness (QED) is 0.625. The molecular weight excluding hydrogens is 394 g/mol. The van der Waals surface area contributed by atoms with Gasteiger partial charge in [0.25, 0.3) is 11.8 Å². The lowest BCUT2D eigenvalue weighted by molar-refractivity contribution is -0.125. The average Bonchev–Trinajstić information content (AvgIpc) is 3.27. The van der Waals surface area contributed by atoms with Crippen LogP contribution in [0, 0.1) is 0 Å². The van der Waals surface area contributed by atoms with Crippen LogP contribution in [0.15, 0.2) is 65.2 Å². The number of hydrogen-bond donors (Lipinski definition) is 2. The highest BCUT2D eigenvalue weighted by molar-refractivity contribution is 6.23. The normalized spacial score (nSPS) is 18.6. The molecule has 1 atom stereocenters. The molecule has 7 heteroatoms. The van der Waals surface area contributed by atoms with E-state index in [2.05, 4.69) is 17.2 Å². The first kappa shape index (κ1) is 19.3. The van der Waals surface area contributed by atoms with Crippen LogP contribution in [-0.4, -0.2) is 28.7 Å². The number of amides is 3. The summed E-state index contributed by atoms with van der Waals surface area (Å²) < 4.78 is 5.80. The van der Waals surface area contributed by atoms with E-state index in [1.807, 2.05) is 36.4 Å². The standard InChI is InChI=1S/C24H21N3O4/c1-14-6-9-20(22(28)26-14)27-23(29)18-8-7-15(10-19(18)24(27)30)12-25-13-17-11-16-4-2-3-5-21(16)31-17/h2-5,7-8,10-11,20,25H,1,6,9,12-13H2,(H,26,28). The summed E-state index contributed by atoms with van der Waals surface area (Å²) in [5.74, 6) is -0.385. The molecule has 2 aliphatic rings. The number of benzene rings is 2. The average molecular weight is 415 g/mol. The Morgan fingerprint density at radius 2 is 1.84 bits per heavy atom. The second kappa shape index (κ2) is 7.52. The largest absolute Gasteiger partial charge is 0.460 e. The number of furan rings is 1. The van der Waals surface area contributed by atoms with E-state index < -0.39 is 17.9 Å². The number of rotatable bonds is 5. The highest BCUT2D eigenvalue weighted by Gasteiger charge is 2.43. The number of fused-ring (bicyclic) bond motifs is 2. The van der Waals surface area contributed by atoms with E-state index in [0.29, 0.717) is 42.8 Å². The van der Waals surface area contributed by atoms with Gasteiger partial charge in [-0.3, -0.25) is 19.3 Å². The summed E-state index contributed by atoms with van der Waals surface area (Å²) in [6.07, 6.45) is 0.933. The maximum atomic E-state index is 12.9. The Kier molecular flexibility index (Phi) is 4.67. The molecule has 2 aromatic carbocycles. The zero-order valence-electron chi connectivity index (χ0n) is 16.8. The van der Waals surface area contributed by atoms with Crippen molar-refractivity contribution in [3.8, 4) is 0 Å². The van der Waals surface area contributed by atoms with E-state index in [0.717, 1.165) is 27.2 Å². The lowest BCUT2D eigenvalue weighted by Crippen LogP contribution is -2.51. The van der Waals surface area contributed by atoms with Gasteiger partial charge in [-0.05, 0) is 42.7 Å². The van der Waals surface area contributed by atoms with Gasteiger partial charge >= 0.3 is 0 Å². The van der Waals surface area contributed by atoms with E-state index in [4.69, 9.17) is 4.42 Å². The number of carbonyl (C=O) groups excluding carboxylic acids is 3. The third-order valence-corrected chi connectivity index (χ3v) is 5.72. The maximum absolute atomic E-state index is 12.9. The number of carbonyl (C=O) groups is 3. The molecule has 7 nitrogen and oxygen atoms in total. The van der Waals surface area contributed by atoms with Crippen LogP contribution in [0.4, 0.5) is 0 Å². The van der Waals surface area contributed by atoms with Crippen molar-refractivity contribution in [2.75, 3.05) is 0 Å². The maximum Gasteiger partial charge on any atom is 0.262 e. The molecular formula is C24H21N3O4. The fourth-order valence-corrected chi connectivity index (χ4v) is 4.16. The van der Waals surface area contributed by atoms with Crippen molar-refractivity contribution < 1.29 is 18.8 Å². The molecule has 31 heavy (non-hydrogen) atoms. The van der Waals surface area contributed by atoms with Crippen molar-refractivity contribution in [3.63, 3.8) is 0 Å². The fraction of sp³-hybridized carbons (Fsp3) is 0.208. The summed E-state index contributed by atoms with van der Waals surface area (Å²) in [4.78, 5) is 39.1. The lowest BCUT2D eigenvalue weighted by Gasteiger charge is -2.29. The third-order valence-electron chi connectivity index (χ3n) is 5.72. The number of allylic oxidation sites excluding steroid dienone is 1. The van der Waals surface area contributed by atoms with Crippen molar-refractivity contribution in [1.82, 2.24) is 15.5 Å². The third kappa shape index (κ3) is 3.43. The van der Waals surface area contributed by atoms with Crippen LogP contribution in [0.2, 0.25) is 0 Å². The number of nitrogens with one attached hydrogen (secondary N) is 2. The zero-order valence-corrected chi connectivity index (χ0v) is 16.8. The van der Waals surface area contributed by atoms with Crippen LogP contribution >= 0.6 is 0 Å². The second-order valence-corrected chi connectivity index (χ2v) is 7.86. The predicted octanol–water partition coefficient (Wildman–Crippen LogP) is 3.11. The minimum atomic E-state index is -0.799. The van der Waals surface area contributed by atoms with Gasteiger partial charge in [0.05, 0.1) is 17.7 Å². The van der Waals surface area contributed by atoms with Gasteiger partial charge in [0.15, 0.2) is 0 Å². The van der Waals surface area contributed by atoms with Gasteiger partial charge < -0.3 is 15.1 Å². The lowest BCUT2D eigenvalue weighted by atomic mass is 10.0. The zero-order chi connectivity index (χ0) is 21.5. The van der Waals surface area contributed by atoms with E-state index in [-0.39, 0.29) is 5.91 Å². The van der Waals surface area contributed by atoms with Crippen molar-refractivity contribution in [2.24, 2.45) is 0 Å². The molecule has 0 spiro atoms. The molecule has 0 saturated carbocycles. The first-order chi connectivity index (χ1) is 15.0. The monoisotopic (exact) mass is 415 g/mol. The highest BCUT2D eigenvalue weighted by Crippen LogP contribution is 2.29. The molecule has 1 unspecified atom stereocenters. The number of nitrogens with zero attached hydrogens (tertiary/aromatic N) is 1. The van der Waals surface area contributed by atoms with Gasteiger partial charge in [-0.1, -0.05) is 30.8 Å². The summed E-state index contributed by atoms with van der Waals surface area (Å²) in [5.41, 5.74) is 3.00. The molecule has 3 heterocycles. The van der Waals surface area contributed by atoms with Crippen LogP contribution in [0.5, 0.6) is 0 Å². The Hall–Kier alpha value is -3.71. The first-order valence-electron chi connectivity index (χ1n) is 10.2. The van der Waals surface area contributed by atoms with Crippen molar-refractivity contribution in [3.05, 3.63) is 83.3 Å². The molecule has 156 valence electrons. The minimum absolute atomic E-state index is 0.336. The second-order valence-electron chi connectivity index (χ2n) is 7.86. The Balaban J connectivity index is 1.28. The molecule has 1 fully saturated rings. The van der Waals surface area contributed by atoms with E-state index in [1.54, 1.807) is 12.1 Å². The van der Waals surface area contributed by atoms with Crippen molar-refractivity contribution >= 4 is 28.7 Å². The summed E-state index contributed by atoms with van der Waals surface area (Å²) in [6.45, 7) is 4.79. The molecule has 0 aliphatic carbocycles. The van der Waals surface area contributed by atoms with Gasteiger partial charge in [0.2, 0.25) is 5.91 Å². The van der Waals surface area contributed by atoms with Crippen LogP contribution in [0.3, 0.4) is 0 Å². The summed E-state index contributed by atoms with van der Waals surface area (Å²) in [6, 6.07) is 14.2. The number of hydrogen-bond acceptors (Lipinski definition) is 5. The van der Waals surface area contributed by atoms with E-state index in [1.165, 1.54) is 0 Å². The van der Waals surface area contributed by atoms with Gasteiger partial charge in [0.1, 0.15) is 17.4 Å². The van der Waals surface area contributed by atoms with Crippen LogP contribution in [0.1, 0.15) is 44.9 Å². The van der Waals surface area contributed by atoms with Gasteiger partial charge in [0, 0.05) is 17.6 Å². The molecule has 1 aromatic heterocycles. The molecule has 3 aromatic rings. The summed E-state index contributed by atoms with van der Waals surface area (Å²) in [7, 11) is 0. The summed E-state index contributed by atoms with van der Waals surface area (Å²) in [5, 5.41) is 7.00. The Morgan fingerprint density at radius 1 is 1.03 bits per heavy atom. The van der Waals surface area contributed by atoms with Crippen LogP contribution in [0.25, 0.3) is 11.0 Å². The van der Waals surface area contributed by atoms with Gasteiger partial charge in [-0.15, -0.1) is 0 Å². The van der Waals surface area contributed by atoms with Crippen molar-refractivity contribution in [2.45, 2.75) is 32.0 Å². The summed E-state index contributed by atoms with van der Waals surface area (Å²) >= 11 is 0. The van der Waals surface area contributed by atoms with Gasteiger partial charge in [-0.25, -0.2) is 0 Å². The molecule has 3 amide bonds. The molecule has 0 radical (unpaired) electrons. The topological polar surface area (TPSA) is 91.7 Å². The minimum Gasteiger partial charge on any atom is -0.460 e. The molecule has 5 rings (SSSR count).